The van der Waals surface area contributed by atoms with Gasteiger partial charge in [0.1, 0.15) is 11.4 Å². The molecule has 1 aliphatic heterocycles. The van der Waals surface area contributed by atoms with Crippen molar-refractivity contribution >= 4 is 27.3 Å². The lowest BCUT2D eigenvalue weighted by atomic mass is 10.2. The van der Waals surface area contributed by atoms with Crippen molar-refractivity contribution in [2.45, 2.75) is 26.4 Å². The van der Waals surface area contributed by atoms with Crippen LogP contribution in [0.3, 0.4) is 0 Å². The van der Waals surface area contributed by atoms with Gasteiger partial charge in [0.2, 0.25) is 10.0 Å². The Morgan fingerprint density at radius 3 is 2.48 bits per heavy atom. The van der Waals surface area contributed by atoms with Gasteiger partial charge in [-0.3, -0.25) is 18.6 Å². The van der Waals surface area contributed by atoms with Gasteiger partial charge in [0.25, 0.3) is 11.5 Å². The number of rotatable bonds is 4. The average Bonchev–Trinajstić information content (AvgIpc) is 2.90. The van der Waals surface area contributed by atoms with Crippen LogP contribution in [0.25, 0.3) is 5.69 Å². The van der Waals surface area contributed by atoms with Crippen LogP contribution >= 0.6 is 0 Å². The van der Waals surface area contributed by atoms with Crippen LogP contribution in [0.1, 0.15) is 17.7 Å². The molecule has 0 radical (unpaired) electrons. The van der Waals surface area contributed by atoms with Crippen molar-refractivity contribution in [3.8, 4) is 11.4 Å². The topological polar surface area (TPSA) is 103 Å². The largest absolute Gasteiger partial charge is 0.478 e. The third-order valence-corrected chi connectivity index (χ3v) is 6.92. The number of ether oxygens (including phenoxy) is 1. The maximum atomic E-state index is 13.2. The van der Waals surface area contributed by atoms with Gasteiger partial charge in [0.15, 0.2) is 6.10 Å². The minimum Gasteiger partial charge on any atom is -0.478 e. The van der Waals surface area contributed by atoms with Gasteiger partial charge in [-0.05, 0) is 43.7 Å². The molecular formula is C23H26N4O5S. The zero-order valence-electron chi connectivity index (χ0n) is 18.9. The fraction of sp³-hybridized carbons (Fsp3) is 0.304. The smallest absolute Gasteiger partial charge is 0.295 e. The number of hydrogen-bond acceptors (Lipinski definition) is 5. The lowest BCUT2D eigenvalue weighted by Crippen LogP contribution is -2.37. The molecule has 0 unspecified atom stereocenters. The van der Waals surface area contributed by atoms with Crippen molar-refractivity contribution in [3.63, 3.8) is 0 Å². The molecule has 1 aromatic heterocycles. The molecule has 0 bridgehead atoms. The number of nitrogens with zero attached hydrogens (tertiary/aromatic N) is 3. The molecule has 0 fully saturated rings. The number of carbonyl (C=O) groups excluding carboxylic acids is 1. The first kappa shape index (κ1) is 22.7. The molecule has 33 heavy (non-hydrogen) atoms. The van der Waals surface area contributed by atoms with E-state index in [9.17, 15) is 18.0 Å². The number of nitrogens with one attached hydrogen (secondary N) is 1. The molecule has 174 valence electrons. The van der Waals surface area contributed by atoms with E-state index in [1.807, 2.05) is 25.1 Å². The highest BCUT2D eigenvalue weighted by molar-refractivity contribution is 7.92. The van der Waals surface area contributed by atoms with Gasteiger partial charge in [-0.15, -0.1) is 0 Å². The van der Waals surface area contributed by atoms with E-state index in [0.29, 0.717) is 22.8 Å². The van der Waals surface area contributed by atoms with E-state index in [0.717, 1.165) is 11.8 Å². The molecule has 0 aliphatic carbocycles. The molecule has 0 saturated carbocycles. The van der Waals surface area contributed by atoms with Gasteiger partial charge in [-0.25, -0.2) is 13.1 Å². The van der Waals surface area contributed by atoms with Gasteiger partial charge in [0.05, 0.1) is 23.3 Å². The van der Waals surface area contributed by atoms with Crippen molar-refractivity contribution in [1.29, 1.82) is 0 Å². The molecule has 1 amide bonds. The monoisotopic (exact) mass is 470 g/mol. The molecule has 4 rings (SSSR count). The molecule has 9 nitrogen and oxygen atoms in total. The van der Waals surface area contributed by atoms with Gasteiger partial charge in [-0.1, -0.05) is 24.3 Å². The summed E-state index contributed by atoms with van der Waals surface area (Å²) < 4.78 is 35.1. The Labute approximate surface area is 192 Å². The maximum Gasteiger partial charge on any atom is 0.295 e. The van der Waals surface area contributed by atoms with E-state index in [1.54, 1.807) is 49.0 Å². The predicted molar refractivity (Wildman–Crippen MR) is 127 cm³/mol. The van der Waals surface area contributed by atoms with E-state index in [4.69, 9.17) is 4.74 Å². The second-order valence-corrected chi connectivity index (χ2v) is 10.0. The molecule has 2 aromatic carbocycles. The van der Waals surface area contributed by atoms with Gasteiger partial charge in [-0.2, -0.15) is 0 Å². The summed E-state index contributed by atoms with van der Waals surface area (Å²) >= 11 is 0. The normalized spacial score (nSPS) is 16.0. The Bertz CT molecular complexity index is 1380. The fourth-order valence-electron chi connectivity index (χ4n) is 3.93. The molecule has 1 aliphatic rings. The second kappa shape index (κ2) is 8.43. The van der Waals surface area contributed by atoms with E-state index in [2.05, 4.69) is 5.32 Å². The van der Waals surface area contributed by atoms with Crippen LogP contribution in [-0.2, 0) is 21.9 Å². The number of aryl methyl sites for hydroxylation is 1. The molecule has 1 atom stereocenters. The lowest BCUT2D eigenvalue weighted by molar-refractivity contribution is -0.122. The van der Waals surface area contributed by atoms with Crippen molar-refractivity contribution in [2.75, 3.05) is 22.4 Å². The SMILES string of the molecule is Cc1ccc2c(c1)N(S(C)(=O)=O)CC[C@@H](C(=O)Nc1c(C)n(C)n(-c3ccccc3)c1=O)O2. The Hall–Kier alpha value is -3.53. The van der Waals surface area contributed by atoms with Crippen LogP contribution in [0, 0.1) is 13.8 Å². The number of benzene rings is 2. The summed E-state index contributed by atoms with van der Waals surface area (Å²) in [6.45, 7) is 3.68. The van der Waals surface area contributed by atoms with E-state index in [-0.39, 0.29) is 24.2 Å². The number of aromatic nitrogens is 2. The quantitative estimate of drug-likeness (QED) is 0.631. The summed E-state index contributed by atoms with van der Waals surface area (Å²) in [5, 5.41) is 2.72. The standard InChI is InChI=1S/C23H26N4O5S/c1-15-10-11-19-18(14-15)26(33(4,30)31)13-12-20(32-19)22(28)24-21-16(2)25(3)27(23(21)29)17-8-6-5-7-9-17/h5-11,14,20H,12-13H2,1-4H3,(H,24,28)/t20-/m0/s1. The summed E-state index contributed by atoms with van der Waals surface area (Å²) in [6, 6.07) is 14.3. The highest BCUT2D eigenvalue weighted by atomic mass is 32.2. The highest BCUT2D eigenvalue weighted by Crippen LogP contribution is 2.35. The third kappa shape index (κ3) is 4.25. The van der Waals surface area contributed by atoms with Crippen LogP contribution in [0.15, 0.2) is 53.3 Å². The number of carbonyl (C=O) groups is 1. The van der Waals surface area contributed by atoms with Crippen molar-refractivity contribution < 1.29 is 17.9 Å². The Morgan fingerprint density at radius 1 is 1.12 bits per heavy atom. The summed E-state index contributed by atoms with van der Waals surface area (Å²) in [6.07, 6.45) is 0.284. The van der Waals surface area contributed by atoms with E-state index < -0.39 is 22.0 Å². The van der Waals surface area contributed by atoms with Crippen molar-refractivity contribution in [3.05, 3.63) is 70.1 Å². The molecule has 0 saturated heterocycles. The Morgan fingerprint density at radius 2 is 1.82 bits per heavy atom. The zero-order chi connectivity index (χ0) is 23.9. The first-order chi connectivity index (χ1) is 15.6. The Balaban J connectivity index is 1.65. The summed E-state index contributed by atoms with van der Waals surface area (Å²) in [5.41, 5.74) is 2.32. The Kier molecular flexibility index (Phi) is 5.79. The van der Waals surface area contributed by atoms with Crippen molar-refractivity contribution in [2.24, 2.45) is 7.05 Å². The number of sulfonamides is 1. The lowest BCUT2D eigenvalue weighted by Gasteiger charge is -2.21. The zero-order valence-corrected chi connectivity index (χ0v) is 19.7. The minimum atomic E-state index is -3.57. The van der Waals surface area contributed by atoms with Crippen LogP contribution in [0.5, 0.6) is 5.75 Å². The van der Waals surface area contributed by atoms with E-state index in [1.165, 1.54) is 8.99 Å². The fourth-order valence-corrected chi connectivity index (χ4v) is 4.87. The van der Waals surface area contributed by atoms with Crippen LogP contribution < -0.4 is 19.9 Å². The van der Waals surface area contributed by atoms with Crippen LogP contribution in [-0.4, -0.2) is 42.6 Å². The molecule has 10 heteroatoms. The van der Waals surface area contributed by atoms with Crippen LogP contribution in [0.2, 0.25) is 0 Å². The summed E-state index contributed by atoms with van der Waals surface area (Å²) in [4.78, 5) is 26.3. The first-order valence-corrected chi connectivity index (χ1v) is 12.3. The number of fused-ring (bicyclic) bond motifs is 1. The summed E-state index contributed by atoms with van der Waals surface area (Å²) in [5.74, 6) is -0.210. The first-order valence-electron chi connectivity index (χ1n) is 10.5. The second-order valence-electron chi connectivity index (χ2n) is 8.13. The van der Waals surface area contributed by atoms with Gasteiger partial charge in [0, 0.05) is 20.0 Å². The molecule has 0 spiro atoms. The highest BCUT2D eigenvalue weighted by Gasteiger charge is 2.32. The minimum absolute atomic E-state index is 0.0788. The van der Waals surface area contributed by atoms with E-state index >= 15 is 0 Å². The molecule has 3 aromatic rings. The number of hydrogen-bond donors (Lipinski definition) is 1. The number of amides is 1. The number of anilines is 2. The van der Waals surface area contributed by atoms with Gasteiger partial charge < -0.3 is 10.1 Å². The van der Waals surface area contributed by atoms with Gasteiger partial charge >= 0.3 is 0 Å². The maximum absolute atomic E-state index is 13.2. The molecule has 2 heterocycles. The van der Waals surface area contributed by atoms with Crippen molar-refractivity contribution in [1.82, 2.24) is 9.36 Å². The number of para-hydroxylation sites is 1. The third-order valence-electron chi connectivity index (χ3n) is 5.74. The average molecular weight is 471 g/mol. The molecular weight excluding hydrogens is 444 g/mol. The molecule has 1 N–H and O–H groups in total. The predicted octanol–water partition coefficient (Wildman–Crippen LogP) is 2.35. The van der Waals surface area contributed by atoms with Crippen LogP contribution in [0.4, 0.5) is 11.4 Å². The summed E-state index contributed by atoms with van der Waals surface area (Å²) in [7, 11) is -1.83.